The molecule has 144 valence electrons. The Morgan fingerprint density at radius 1 is 1.30 bits per heavy atom. The van der Waals surface area contributed by atoms with Crippen LogP contribution in [0.1, 0.15) is 45.1 Å². The Bertz CT molecular complexity index is 862. The zero-order valence-corrected chi connectivity index (χ0v) is 15.7. The van der Waals surface area contributed by atoms with Crippen LogP contribution in [0.25, 0.3) is 11.0 Å². The highest BCUT2D eigenvalue weighted by atomic mass is 16.6. The van der Waals surface area contributed by atoms with Crippen LogP contribution in [0.15, 0.2) is 18.2 Å². The number of nitrogens with one attached hydrogen (secondary N) is 2. The molecule has 2 unspecified atom stereocenters. The van der Waals surface area contributed by atoms with Gasteiger partial charge < -0.3 is 15.0 Å². The fraction of sp³-hybridized carbons (Fsp3) is 0.579. The number of rotatable bonds is 5. The minimum absolute atomic E-state index is 0.118. The normalized spacial score (nSPS) is 21.6. The van der Waals surface area contributed by atoms with Gasteiger partial charge >= 0.3 is 6.09 Å². The van der Waals surface area contributed by atoms with Crippen LogP contribution in [0.4, 0.5) is 4.79 Å². The number of benzene rings is 1. The van der Waals surface area contributed by atoms with Gasteiger partial charge in [0, 0.05) is 19.1 Å². The summed E-state index contributed by atoms with van der Waals surface area (Å²) in [5.41, 5.74) is 1.64. The fourth-order valence-corrected chi connectivity index (χ4v) is 4.12. The van der Waals surface area contributed by atoms with E-state index >= 15 is 0 Å². The van der Waals surface area contributed by atoms with E-state index in [4.69, 9.17) is 4.74 Å². The number of hydrogen-bond donors (Lipinski definition) is 2. The summed E-state index contributed by atoms with van der Waals surface area (Å²) < 4.78 is 5.65. The van der Waals surface area contributed by atoms with Gasteiger partial charge in [0.25, 0.3) is 0 Å². The van der Waals surface area contributed by atoms with E-state index in [9.17, 15) is 9.59 Å². The van der Waals surface area contributed by atoms with Gasteiger partial charge in [-0.15, -0.1) is 0 Å². The van der Waals surface area contributed by atoms with E-state index in [1.165, 1.54) is 6.42 Å². The van der Waals surface area contributed by atoms with Crippen molar-refractivity contribution in [2.24, 2.45) is 5.92 Å². The molecule has 27 heavy (non-hydrogen) atoms. The summed E-state index contributed by atoms with van der Waals surface area (Å²) >= 11 is 0. The fourth-order valence-electron chi connectivity index (χ4n) is 4.12. The highest BCUT2D eigenvalue weighted by Gasteiger charge is 2.42. The first-order chi connectivity index (χ1) is 12.9. The average molecular weight is 371 g/mol. The molecule has 0 radical (unpaired) electrons. The second-order valence-corrected chi connectivity index (χ2v) is 8.21. The summed E-state index contributed by atoms with van der Waals surface area (Å²) in [7, 11) is 0. The third kappa shape index (κ3) is 3.89. The Kier molecular flexibility index (Phi) is 4.49. The van der Waals surface area contributed by atoms with Gasteiger partial charge in [-0.25, -0.2) is 4.79 Å². The number of carbonyl (C=O) groups is 2. The van der Waals surface area contributed by atoms with Crippen LogP contribution in [-0.2, 0) is 16.1 Å². The van der Waals surface area contributed by atoms with Gasteiger partial charge in [0.15, 0.2) is 0 Å². The summed E-state index contributed by atoms with van der Waals surface area (Å²) in [6, 6.07) is 5.96. The van der Waals surface area contributed by atoms with Crippen LogP contribution in [0.3, 0.4) is 0 Å². The van der Waals surface area contributed by atoms with Crippen molar-refractivity contribution in [3.63, 3.8) is 0 Å². The molecule has 1 aromatic carbocycles. The Labute approximate surface area is 157 Å². The first kappa shape index (κ1) is 17.8. The number of ether oxygens (including phenoxy) is 1. The molecule has 2 heterocycles. The van der Waals surface area contributed by atoms with Gasteiger partial charge in [0.2, 0.25) is 5.91 Å². The van der Waals surface area contributed by atoms with Gasteiger partial charge in [-0.2, -0.15) is 15.4 Å². The molecule has 2 N–H and O–H groups in total. The molecule has 8 nitrogen and oxygen atoms in total. The molecule has 1 saturated heterocycles. The van der Waals surface area contributed by atoms with Crippen molar-refractivity contribution in [1.29, 1.82) is 0 Å². The number of amides is 2. The first-order valence-electron chi connectivity index (χ1n) is 9.45. The molecular formula is C19H25N5O3. The Morgan fingerprint density at radius 2 is 2.11 bits per heavy atom. The number of fused-ring (bicyclic) bond motifs is 3. The molecule has 2 atom stereocenters. The van der Waals surface area contributed by atoms with Crippen LogP contribution >= 0.6 is 0 Å². The molecule has 2 fully saturated rings. The SMILES string of the molecule is CC(C)(CC(=O)NCc1ccc2n[nH]nc2c1)OC(=O)N1CC2CCC1C2. The van der Waals surface area contributed by atoms with Crippen molar-refractivity contribution < 1.29 is 14.3 Å². The predicted octanol–water partition coefficient (Wildman–Crippen LogP) is 2.36. The quantitative estimate of drug-likeness (QED) is 0.840. The molecule has 1 aliphatic carbocycles. The number of aromatic nitrogens is 3. The maximum absolute atomic E-state index is 12.5. The lowest BCUT2D eigenvalue weighted by Crippen LogP contribution is -2.43. The summed E-state index contributed by atoms with van der Waals surface area (Å²) in [6.45, 7) is 4.73. The minimum Gasteiger partial charge on any atom is -0.443 e. The van der Waals surface area contributed by atoms with Crippen molar-refractivity contribution in [2.75, 3.05) is 6.54 Å². The van der Waals surface area contributed by atoms with Gasteiger partial charge in [0.05, 0.1) is 6.42 Å². The highest BCUT2D eigenvalue weighted by Crippen LogP contribution is 2.38. The average Bonchev–Trinajstić information content (AvgIpc) is 3.34. The van der Waals surface area contributed by atoms with Crippen LogP contribution in [0, 0.1) is 5.92 Å². The van der Waals surface area contributed by atoms with Crippen LogP contribution in [0.5, 0.6) is 0 Å². The number of carbonyl (C=O) groups excluding carboxylic acids is 2. The Morgan fingerprint density at radius 3 is 2.85 bits per heavy atom. The van der Waals surface area contributed by atoms with Crippen molar-refractivity contribution in [3.8, 4) is 0 Å². The van der Waals surface area contributed by atoms with Crippen LogP contribution in [-0.4, -0.2) is 50.5 Å². The minimum atomic E-state index is -0.848. The zero-order valence-electron chi connectivity index (χ0n) is 15.7. The third-order valence-electron chi connectivity index (χ3n) is 5.46. The van der Waals surface area contributed by atoms with E-state index < -0.39 is 5.60 Å². The van der Waals surface area contributed by atoms with Gasteiger partial charge in [-0.05, 0) is 56.7 Å². The molecule has 2 aliphatic rings. The number of nitrogens with zero attached hydrogens (tertiary/aromatic N) is 3. The molecule has 1 aromatic heterocycles. The number of likely N-dealkylation sites (tertiary alicyclic amines) is 1. The Balaban J connectivity index is 1.27. The highest BCUT2D eigenvalue weighted by molar-refractivity contribution is 5.78. The third-order valence-corrected chi connectivity index (χ3v) is 5.46. The van der Waals surface area contributed by atoms with E-state index in [2.05, 4.69) is 20.7 Å². The number of piperidine rings is 1. The molecule has 0 spiro atoms. The van der Waals surface area contributed by atoms with E-state index in [-0.39, 0.29) is 18.4 Å². The van der Waals surface area contributed by atoms with Crippen molar-refractivity contribution in [3.05, 3.63) is 23.8 Å². The van der Waals surface area contributed by atoms with Gasteiger partial charge in [-0.3, -0.25) is 4.79 Å². The second-order valence-electron chi connectivity index (χ2n) is 8.21. The summed E-state index contributed by atoms with van der Waals surface area (Å²) in [5.74, 6) is 0.465. The van der Waals surface area contributed by atoms with E-state index in [1.54, 1.807) is 13.8 Å². The molecule has 4 rings (SSSR count). The largest absolute Gasteiger partial charge is 0.443 e. The van der Waals surface area contributed by atoms with Crippen LogP contribution < -0.4 is 5.32 Å². The lowest BCUT2D eigenvalue weighted by Gasteiger charge is -2.31. The lowest BCUT2D eigenvalue weighted by atomic mass is 10.0. The molecule has 8 heteroatoms. The van der Waals surface area contributed by atoms with Crippen molar-refractivity contribution in [1.82, 2.24) is 25.6 Å². The molecule has 2 bridgehead atoms. The molecule has 1 aliphatic heterocycles. The van der Waals surface area contributed by atoms with E-state index in [0.29, 0.717) is 18.5 Å². The smallest absolute Gasteiger partial charge is 0.410 e. The Hall–Kier alpha value is -2.64. The molecule has 1 saturated carbocycles. The molecule has 2 amide bonds. The maximum atomic E-state index is 12.5. The monoisotopic (exact) mass is 371 g/mol. The van der Waals surface area contributed by atoms with Gasteiger partial charge in [-0.1, -0.05) is 6.07 Å². The van der Waals surface area contributed by atoms with Gasteiger partial charge in [0.1, 0.15) is 16.6 Å². The summed E-state index contributed by atoms with van der Waals surface area (Å²) in [6.07, 6.45) is 3.19. The van der Waals surface area contributed by atoms with Crippen molar-refractivity contribution >= 4 is 23.0 Å². The van der Waals surface area contributed by atoms with Crippen molar-refractivity contribution in [2.45, 2.75) is 57.7 Å². The first-order valence-corrected chi connectivity index (χ1v) is 9.45. The number of H-pyrrole nitrogens is 1. The predicted molar refractivity (Wildman–Crippen MR) is 98.7 cm³/mol. The molecular weight excluding hydrogens is 346 g/mol. The van der Waals surface area contributed by atoms with E-state index in [0.717, 1.165) is 36.0 Å². The standard InChI is InChI=1S/C19H25N5O3/c1-19(2,27-18(26)24-11-13-3-5-14(24)7-13)9-17(25)20-10-12-4-6-15-16(8-12)22-23-21-15/h4,6,8,13-14H,3,5,7,9-11H2,1-2H3,(H,20,25)(H,21,22,23). The van der Waals surface area contributed by atoms with E-state index in [1.807, 2.05) is 23.1 Å². The maximum Gasteiger partial charge on any atom is 0.410 e. The summed E-state index contributed by atoms with van der Waals surface area (Å²) in [5, 5.41) is 13.5. The van der Waals surface area contributed by atoms with Crippen LogP contribution in [0.2, 0.25) is 0 Å². The number of hydrogen-bond acceptors (Lipinski definition) is 5. The number of aromatic amines is 1. The zero-order chi connectivity index (χ0) is 19.0. The topological polar surface area (TPSA) is 100 Å². The molecule has 2 aromatic rings. The lowest BCUT2D eigenvalue weighted by molar-refractivity contribution is -0.125. The second kappa shape index (κ2) is 6.83. The summed E-state index contributed by atoms with van der Waals surface area (Å²) in [4.78, 5) is 26.6.